The van der Waals surface area contributed by atoms with Crippen LogP contribution in [0.4, 0.5) is 5.69 Å². The number of carbonyl (C=O) groups is 12. The van der Waals surface area contributed by atoms with Crippen LogP contribution in [0.1, 0.15) is 127 Å². The summed E-state index contributed by atoms with van der Waals surface area (Å²) in [5, 5.41) is 22.1. The second kappa shape index (κ2) is 27.7. The molecule has 0 radical (unpaired) electrons. The predicted molar refractivity (Wildman–Crippen MR) is 327 cm³/mol. The topological polar surface area (TPSA) is 380 Å². The SMILES string of the molecule is Cc1c2oc3c(C)c(O)c(N)c(C(=O)N[C@H]4C(=O)N[C@@H](C(C)C)C(=O)N5CCC[C@H]5C(=O)N(C)CC(=O)N(C)[C@H](C(C)C)C(=O)O[C@H]4C)c3nc-2c(C(=O)N[C@@H]2C(=O)N[C@H](C(C)C)C(=O)N3CCC[C@@H]3C(=O)N(C)CC(=O)N(C)[C@@H](C(C)C)C(=O)O[C@@H]2C)cc1=O. The van der Waals surface area contributed by atoms with Crippen molar-refractivity contribution >= 4 is 87.8 Å². The van der Waals surface area contributed by atoms with Gasteiger partial charge in [-0.05, 0) is 77.0 Å². The number of benzene rings is 2. The van der Waals surface area contributed by atoms with Gasteiger partial charge in [0, 0.05) is 58.5 Å². The van der Waals surface area contributed by atoms with Gasteiger partial charge in [-0.2, -0.15) is 0 Å². The summed E-state index contributed by atoms with van der Waals surface area (Å²) >= 11 is 0. The molecular formula is C62H86N12O17. The summed E-state index contributed by atoms with van der Waals surface area (Å²) in [5.74, 6) is -13.7. The first-order valence-corrected chi connectivity index (χ1v) is 30.7. The summed E-state index contributed by atoms with van der Waals surface area (Å²) in [5.41, 5.74) is 2.48. The lowest BCUT2D eigenvalue weighted by Crippen LogP contribution is -2.61. The van der Waals surface area contributed by atoms with E-state index < -0.39 is 208 Å². The fourth-order valence-corrected chi connectivity index (χ4v) is 12.3. The Bertz CT molecular complexity index is 3470. The van der Waals surface area contributed by atoms with Gasteiger partial charge in [-0.25, -0.2) is 14.6 Å². The van der Waals surface area contributed by atoms with E-state index in [0.717, 1.165) is 15.9 Å². The first kappa shape index (κ1) is 69.6. The number of likely N-dealkylation sites (N-methyl/N-ethyl adjacent to an activating group) is 4. The number of phenolic OH excluding ortho intramolecular Hbond substituents is 1. The second-order valence-corrected chi connectivity index (χ2v) is 25.7. The van der Waals surface area contributed by atoms with Gasteiger partial charge < -0.3 is 75.4 Å². The molecule has 1 aliphatic carbocycles. The Morgan fingerprint density at radius 1 is 0.626 bits per heavy atom. The molecule has 29 heteroatoms. The minimum atomic E-state index is -1.91. The first-order chi connectivity index (χ1) is 42.5. The van der Waals surface area contributed by atoms with Crippen LogP contribution < -0.4 is 32.4 Å². The Labute approximate surface area is 527 Å². The predicted octanol–water partition coefficient (Wildman–Crippen LogP) is 0.431. The van der Waals surface area contributed by atoms with Gasteiger partial charge in [0.2, 0.25) is 47.3 Å². The third-order valence-corrected chi connectivity index (χ3v) is 17.7. The van der Waals surface area contributed by atoms with Gasteiger partial charge in [0.05, 0.1) is 29.9 Å². The number of rotatable bonds is 8. The Balaban J connectivity index is 1.34. The van der Waals surface area contributed by atoms with Gasteiger partial charge in [0.25, 0.3) is 11.8 Å². The largest absolute Gasteiger partial charge is 0.505 e. The van der Waals surface area contributed by atoms with Gasteiger partial charge in [-0.15, -0.1) is 0 Å². The van der Waals surface area contributed by atoms with Crippen LogP contribution in [0.5, 0.6) is 5.75 Å². The molecule has 1 aromatic rings. The lowest BCUT2D eigenvalue weighted by Gasteiger charge is -2.36. The highest BCUT2D eigenvalue weighted by Gasteiger charge is 2.47. The van der Waals surface area contributed by atoms with Crippen LogP contribution in [-0.4, -0.2) is 225 Å². The number of aryl methyl sites for hydroxylation is 1. The lowest BCUT2D eigenvalue weighted by atomic mass is 9.98. The third kappa shape index (κ3) is 13.9. The van der Waals surface area contributed by atoms with E-state index in [4.69, 9.17) is 24.6 Å². The number of amides is 10. The van der Waals surface area contributed by atoms with Crippen LogP contribution in [0.3, 0.4) is 0 Å². The molecule has 0 saturated carbocycles. The van der Waals surface area contributed by atoms with E-state index in [9.17, 15) is 57.8 Å². The Morgan fingerprint density at radius 2 is 1.04 bits per heavy atom. The fourth-order valence-electron chi connectivity index (χ4n) is 12.3. The number of phenols is 1. The average Bonchev–Trinajstić information content (AvgIpc) is 1.25. The van der Waals surface area contributed by atoms with Crippen molar-refractivity contribution in [1.82, 2.24) is 55.7 Å². The maximum absolute atomic E-state index is 15.2. The second-order valence-electron chi connectivity index (χ2n) is 25.7. The number of nitrogen functional groups attached to an aromatic ring is 1. The lowest BCUT2D eigenvalue weighted by molar-refractivity contribution is -0.163. The highest BCUT2D eigenvalue weighted by atomic mass is 16.6. The summed E-state index contributed by atoms with van der Waals surface area (Å²) < 4.78 is 18.2. The number of carbonyl (C=O) groups excluding carboxylic acids is 12. The molecule has 0 bridgehead atoms. The van der Waals surface area contributed by atoms with E-state index in [1.165, 1.54) is 75.5 Å². The van der Waals surface area contributed by atoms with Crippen LogP contribution >= 0.6 is 0 Å². The number of nitrogens with two attached hydrogens (primary N) is 1. The van der Waals surface area contributed by atoms with Crippen molar-refractivity contribution in [2.24, 2.45) is 23.7 Å². The van der Waals surface area contributed by atoms with Crippen molar-refractivity contribution in [1.29, 1.82) is 0 Å². The number of aromatic hydroxyl groups is 1. The summed E-state index contributed by atoms with van der Waals surface area (Å²) in [6.45, 7) is 17.8. The Kier molecular flexibility index (Phi) is 21.1. The van der Waals surface area contributed by atoms with Crippen LogP contribution in [0, 0.1) is 37.5 Å². The zero-order valence-electron chi connectivity index (χ0n) is 54.5. The van der Waals surface area contributed by atoms with E-state index in [1.54, 1.807) is 55.4 Å². The molecule has 10 amide bonds. The number of fused-ring (bicyclic) bond motifs is 4. The molecule has 5 aliphatic heterocycles. The first-order valence-electron chi connectivity index (χ1n) is 30.7. The zero-order chi connectivity index (χ0) is 67.8. The van der Waals surface area contributed by atoms with Crippen molar-refractivity contribution in [3.8, 4) is 17.2 Å². The van der Waals surface area contributed by atoms with Crippen molar-refractivity contribution < 1.29 is 76.5 Å². The quantitative estimate of drug-likeness (QED) is 0.0771. The van der Waals surface area contributed by atoms with Gasteiger partial charge in [-0.1, -0.05) is 55.4 Å². The molecule has 0 aromatic heterocycles. The molecule has 0 unspecified atom stereocenters. The molecule has 1 aromatic carbocycles. The summed E-state index contributed by atoms with van der Waals surface area (Å²) in [6.07, 6.45) is -1.81. The maximum atomic E-state index is 15.2. The molecule has 7 N–H and O–H groups in total. The normalized spacial score (nSPS) is 26.1. The number of anilines is 1. The van der Waals surface area contributed by atoms with Crippen LogP contribution in [-0.2, 0) is 57.4 Å². The molecule has 91 heavy (non-hydrogen) atoms. The maximum Gasteiger partial charge on any atom is 0.329 e. The minimum Gasteiger partial charge on any atom is -0.505 e. The fraction of sp³-hybridized carbons (Fsp3) is 0.613. The highest BCUT2D eigenvalue weighted by Crippen LogP contribution is 2.40. The van der Waals surface area contributed by atoms with E-state index in [-0.39, 0.29) is 48.4 Å². The standard InChI is InChI=1S/C62H86N12O17/c1-26(2)42-59(85)73-21-17-19-35(73)57(83)69(13)24-38(76)71(15)48(28(5)6)61(87)89-32(11)44(55(81)65-42)67-53(79)34-23-37(75)30(9)51-46(34)64-47-40(41(63)50(78)31(10)52(47)91-51)54(80)68-45-33(12)90-62(88)49(29(7)8)72(16)39(77)25-70(14)58(84)36-20-18-22-74(36)60(86)43(27(3)4)66-56(45)82/h23,26-29,32-33,35-36,42-45,48-49,78H,17-22,24-25,63H2,1-16H3,(H,65,81)(H,66,82)(H,67,79)(H,68,80)/t32-,33+,35-,36+,42-,43+,44+,45-,48+,49-/m1/s1. The number of hydrogen-bond donors (Lipinski definition) is 6. The number of ether oxygens (including phenoxy) is 2. The number of esters is 2. The van der Waals surface area contributed by atoms with Gasteiger partial charge in [0.15, 0.2) is 16.8 Å². The van der Waals surface area contributed by atoms with E-state index in [2.05, 4.69) is 21.3 Å². The number of aromatic nitrogens is 1. The minimum absolute atomic E-state index is 0.109. The molecule has 6 aliphatic rings. The Hall–Kier alpha value is -8.92. The molecule has 29 nitrogen and oxygen atoms in total. The molecule has 10 atom stereocenters. The zero-order valence-corrected chi connectivity index (χ0v) is 54.5. The van der Waals surface area contributed by atoms with Crippen molar-refractivity contribution in [3.63, 3.8) is 0 Å². The molecule has 4 saturated heterocycles. The number of hydrogen-bond acceptors (Lipinski definition) is 19. The van der Waals surface area contributed by atoms with Gasteiger partial charge >= 0.3 is 11.9 Å². The van der Waals surface area contributed by atoms with Crippen molar-refractivity contribution in [2.45, 2.75) is 169 Å². The summed E-state index contributed by atoms with van der Waals surface area (Å²) in [6, 6.07) is -10.1. The Morgan fingerprint density at radius 3 is 1.45 bits per heavy atom. The van der Waals surface area contributed by atoms with Crippen LogP contribution in [0.15, 0.2) is 15.3 Å². The molecule has 5 heterocycles. The highest BCUT2D eigenvalue weighted by molar-refractivity contribution is 6.13. The van der Waals surface area contributed by atoms with Crippen LogP contribution in [0.2, 0.25) is 0 Å². The van der Waals surface area contributed by atoms with Crippen LogP contribution in [0.25, 0.3) is 22.6 Å². The number of nitrogens with zero attached hydrogens (tertiary/aromatic N) is 7. The van der Waals surface area contributed by atoms with Crippen molar-refractivity contribution in [3.05, 3.63) is 38.5 Å². The van der Waals surface area contributed by atoms with E-state index >= 15 is 9.59 Å². The smallest absolute Gasteiger partial charge is 0.329 e. The average molecular weight is 1270 g/mol. The monoisotopic (exact) mass is 1270 g/mol. The van der Waals surface area contributed by atoms with Crippen molar-refractivity contribution in [2.75, 3.05) is 60.1 Å². The summed E-state index contributed by atoms with van der Waals surface area (Å²) in [4.78, 5) is 199. The van der Waals surface area contributed by atoms with E-state index in [0.29, 0.717) is 12.8 Å². The van der Waals surface area contributed by atoms with Gasteiger partial charge in [0.1, 0.15) is 77.5 Å². The molecule has 0 spiro atoms. The summed E-state index contributed by atoms with van der Waals surface area (Å²) in [7, 11) is 5.53. The molecule has 7 rings (SSSR count). The molecule has 496 valence electrons. The third-order valence-electron chi connectivity index (χ3n) is 17.7. The van der Waals surface area contributed by atoms with Gasteiger partial charge in [-0.3, -0.25) is 52.7 Å². The molecular weight excluding hydrogens is 1180 g/mol. The molecule has 4 fully saturated rings. The van der Waals surface area contributed by atoms with E-state index in [1.807, 2.05) is 0 Å². The number of cyclic esters (lactones) is 2. The number of nitrogens with one attached hydrogen (secondary N) is 4.